The van der Waals surface area contributed by atoms with Crippen molar-refractivity contribution in [3.8, 4) is 5.75 Å². The number of halogens is 1. The normalized spacial score (nSPS) is 12.1. The number of rotatable bonds is 4. The summed E-state index contributed by atoms with van der Waals surface area (Å²) in [6, 6.07) is 9.83. The van der Waals surface area contributed by atoms with Gasteiger partial charge in [-0.3, -0.25) is 0 Å². The number of alkyl halides is 1. The van der Waals surface area contributed by atoms with Crippen LogP contribution in [-0.4, -0.2) is 17.1 Å². The quantitative estimate of drug-likeness (QED) is 0.812. The SMILES string of the molecule is COc1cccc(CC(Br)c2ncccn2)c1. The first-order chi connectivity index (χ1) is 8.29. The molecular weight excluding hydrogens is 280 g/mol. The molecule has 0 bridgehead atoms. The first kappa shape index (κ1) is 12.0. The highest BCUT2D eigenvalue weighted by Gasteiger charge is 2.11. The van der Waals surface area contributed by atoms with Crippen LogP contribution in [0.5, 0.6) is 5.75 Å². The van der Waals surface area contributed by atoms with Crippen LogP contribution in [0.15, 0.2) is 42.7 Å². The summed E-state index contributed by atoms with van der Waals surface area (Å²) in [7, 11) is 1.67. The van der Waals surface area contributed by atoms with E-state index in [1.807, 2.05) is 24.3 Å². The predicted molar refractivity (Wildman–Crippen MR) is 70.4 cm³/mol. The number of hydrogen-bond acceptors (Lipinski definition) is 3. The van der Waals surface area contributed by atoms with Crippen LogP contribution in [0, 0.1) is 0 Å². The number of hydrogen-bond donors (Lipinski definition) is 0. The smallest absolute Gasteiger partial charge is 0.142 e. The lowest BCUT2D eigenvalue weighted by atomic mass is 10.1. The fourth-order valence-electron chi connectivity index (χ4n) is 1.57. The minimum Gasteiger partial charge on any atom is -0.497 e. The minimum absolute atomic E-state index is 0.121. The molecule has 0 aliphatic rings. The van der Waals surface area contributed by atoms with Gasteiger partial charge in [0.05, 0.1) is 11.9 Å². The zero-order valence-electron chi connectivity index (χ0n) is 9.51. The minimum atomic E-state index is 0.121. The van der Waals surface area contributed by atoms with Gasteiger partial charge in [0, 0.05) is 12.4 Å². The lowest BCUT2D eigenvalue weighted by Crippen LogP contribution is -2.00. The summed E-state index contributed by atoms with van der Waals surface area (Å²) in [5.41, 5.74) is 1.19. The van der Waals surface area contributed by atoms with Gasteiger partial charge in [-0.2, -0.15) is 0 Å². The van der Waals surface area contributed by atoms with Crippen LogP contribution >= 0.6 is 15.9 Å². The van der Waals surface area contributed by atoms with Crippen molar-refractivity contribution in [2.45, 2.75) is 11.2 Å². The van der Waals surface area contributed by atoms with Crippen molar-refractivity contribution < 1.29 is 4.74 Å². The average Bonchev–Trinajstić information content (AvgIpc) is 2.40. The Labute approximate surface area is 109 Å². The molecule has 0 spiro atoms. The molecule has 1 heterocycles. The highest BCUT2D eigenvalue weighted by Crippen LogP contribution is 2.25. The zero-order valence-corrected chi connectivity index (χ0v) is 11.1. The van der Waals surface area contributed by atoms with Gasteiger partial charge in [-0.05, 0) is 30.2 Å². The van der Waals surface area contributed by atoms with E-state index in [4.69, 9.17) is 4.74 Å². The van der Waals surface area contributed by atoms with Gasteiger partial charge in [0.2, 0.25) is 0 Å². The van der Waals surface area contributed by atoms with Crippen molar-refractivity contribution in [2.24, 2.45) is 0 Å². The van der Waals surface area contributed by atoms with Gasteiger partial charge in [0.25, 0.3) is 0 Å². The standard InChI is InChI=1S/C13H13BrN2O/c1-17-11-5-2-4-10(8-11)9-12(14)13-15-6-3-7-16-13/h2-8,12H,9H2,1H3. The molecule has 2 rings (SSSR count). The van der Waals surface area contributed by atoms with E-state index in [0.29, 0.717) is 0 Å². The Hall–Kier alpha value is -1.42. The van der Waals surface area contributed by atoms with Crippen molar-refractivity contribution >= 4 is 15.9 Å². The topological polar surface area (TPSA) is 35.0 Å². The first-order valence-corrected chi connectivity index (χ1v) is 6.25. The first-order valence-electron chi connectivity index (χ1n) is 5.33. The molecule has 1 atom stereocenters. The molecule has 0 saturated heterocycles. The second-order valence-corrected chi connectivity index (χ2v) is 4.74. The molecule has 0 aliphatic carbocycles. The van der Waals surface area contributed by atoms with Gasteiger partial charge in [-0.1, -0.05) is 28.1 Å². The highest BCUT2D eigenvalue weighted by molar-refractivity contribution is 9.09. The van der Waals surface area contributed by atoms with Gasteiger partial charge < -0.3 is 4.74 Å². The van der Waals surface area contributed by atoms with E-state index >= 15 is 0 Å². The van der Waals surface area contributed by atoms with E-state index in [2.05, 4.69) is 32.0 Å². The Morgan fingerprint density at radius 2 is 2.00 bits per heavy atom. The summed E-state index contributed by atoms with van der Waals surface area (Å²) in [5.74, 6) is 1.67. The molecule has 0 fully saturated rings. The number of nitrogens with zero attached hydrogens (tertiary/aromatic N) is 2. The van der Waals surface area contributed by atoms with E-state index in [9.17, 15) is 0 Å². The lowest BCUT2D eigenvalue weighted by Gasteiger charge is -2.09. The average molecular weight is 293 g/mol. The molecule has 0 N–H and O–H groups in total. The van der Waals surface area contributed by atoms with E-state index in [0.717, 1.165) is 18.0 Å². The van der Waals surface area contributed by atoms with Crippen molar-refractivity contribution in [3.05, 3.63) is 54.1 Å². The maximum absolute atomic E-state index is 5.20. The molecule has 0 saturated carbocycles. The van der Waals surface area contributed by atoms with Crippen LogP contribution in [0.2, 0.25) is 0 Å². The monoisotopic (exact) mass is 292 g/mol. The fraction of sp³-hybridized carbons (Fsp3) is 0.231. The highest BCUT2D eigenvalue weighted by atomic mass is 79.9. The van der Waals surface area contributed by atoms with E-state index in [1.165, 1.54) is 5.56 Å². The third-order valence-electron chi connectivity index (χ3n) is 2.41. The summed E-state index contributed by atoms with van der Waals surface area (Å²) in [6.45, 7) is 0. The Balaban J connectivity index is 2.10. The molecular formula is C13H13BrN2O. The number of methoxy groups -OCH3 is 1. The Morgan fingerprint density at radius 3 is 2.71 bits per heavy atom. The Bertz CT molecular complexity index is 476. The molecule has 1 unspecified atom stereocenters. The molecule has 0 radical (unpaired) electrons. The second kappa shape index (κ2) is 5.77. The fourth-order valence-corrected chi connectivity index (χ4v) is 2.18. The zero-order chi connectivity index (χ0) is 12.1. The van der Waals surface area contributed by atoms with Gasteiger partial charge in [0.15, 0.2) is 0 Å². The van der Waals surface area contributed by atoms with Crippen LogP contribution in [0.1, 0.15) is 16.2 Å². The summed E-state index contributed by atoms with van der Waals surface area (Å²) >= 11 is 3.60. The maximum atomic E-state index is 5.20. The lowest BCUT2D eigenvalue weighted by molar-refractivity contribution is 0.414. The summed E-state index contributed by atoms with van der Waals surface area (Å²) in [6.07, 6.45) is 4.34. The Kier molecular flexibility index (Phi) is 4.09. The van der Waals surface area contributed by atoms with Crippen LogP contribution in [0.4, 0.5) is 0 Å². The molecule has 2 aromatic rings. The second-order valence-electron chi connectivity index (χ2n) is 3.63. The van der Waals surface area contributed by atoms with E-state index in [-0.39, 0.29) is 4.83 Å². The molecule has 88 valence electrons. The summed E-state index contributed by atoms with van der Waals surface area (Å²) in [5, 5.41) is 0. The molecule has 1 aromatic heterocycles. The largest absolute Gasteiger partial charge is 0.497 e. The van der Waals surface area contributed by atoms with Crippen LogP contribution in [-0.2, 0) is 6.42 Å². The summed E-state index contributed by atoms with van der Waals surface area (Å²) < 4.78 is 5.20. The Morgan fingerprint density at radius 1 is 1.24 bits per heavy atom. The van der Waals surface area contributed by atoms with Gasteiger partial charge in [-0.15, -0.1) is 0 Å². The number of ether oxygens (including phenoxy) is 1. The maximum Gasteiger partial charge on any atom is 0.142 e. The van der Waals surface area contributed by atoms with Crippen LogP contribution in [0.25, 0.3) is 0 Å². The van der Waals surface area contributed by atoms with Crippen LogP contribution < -0.4 is 4.74 Å². The number of benzene rings is 1. The van der Waals surface area contributed by atoms with Gasteiger partial charge >= 0.3 is 0 Å². The molecule has 3 nitrogen and oxygen atoms in total. The predicted octanol–water partition coefficient (Wildman–Crippen LogP) is 3.16. The molecule has 1 aromatic carbocycles. The summed E-state index contributed by atoms with van der Waals surface area (Å²) in [4.78, 5) is 8.58. The van der Waals surface area contributed by atoms with Crippen molar-refractivity contribution in [1.29, 1.82) is 0 Å². The van der Waals surface area contributed by atoms with Gasteiger partial charge in [-0.25, -0.2) is 9.97 Å². The van der Waals surface area contributed by atoms with Crippen molar-refractivity contribution in [1.82, 2.24) is 9.97 Å². The van der Waals surface area contributed by atoms with Gasteiger partial charge in [0.1, 0.15) is 11.6 Å². The molecule has 4 heteroatoms. The van der Waals surface area contributed by atoms with Crippen LogP contribution in [0.3, 0.4) is 0 Å². The molecule has 17 heavy (non-hydrogen) atoms. The number of aromatic nitrogens is 2. The third-order valence-corrected chi connectivity index (χ3v) is 3.15. The van der Waals surface area contributed by atoms with E-state index < -0.39 is 0 Å². The molecule has 0 amide bonds. The third kappa shape index (κ3) is 3.27. The van der Waals surface area contributed by atoms with E-state index in [1.54, 1.807) is 19.5 Å². The van der Waals surface area contributed by atoms with Crippen molar-refractivity contribution in [2.75, 3.05) is 7.11 Å². The van der Waals surface area contributed by atoms with Crippen molar-refractivity contribution in [3.63, 3.8) is 0 Å². The molecule has 0 aliphatic heterocycles.